The number of hydrogen-bond acceptors (Lipinski definition) is 2. The molecule has 1 heterocycles. The van der Waals surface area contributed by atoms with Crippen LogP contribution in [0.2, 0.25) is 0 Å². The van der Waals surface area contributed by atoms with E-state index in [1.165, 1.54) is 19.3 Å². The van der Waals surface area contributed by atoms with Crippen LogP contribution in [0.25, 0.3) is 0 Å². The Morgan fingerprint density at radius 3 is 2.22 bits per heavy atom. The monoisotopic (exact) mass is 252 g/mol. The fourth-order valence-electron chi connectivity index (χ4n) is 4.17. The highest BCUT2D eigenvalue weighted by atomic mass is 16.1. The van der Waals surface area contributed by atoms with Gasteiger partial charge >= 0.3 is 0 Å². The standard InChI is InChI=1S/C15H28N2O/c1-14(2)7-12(8-15(3,4)10-14)17-11-5-6-13(18)16-9-11/h11-12,17H,5-10H2,1-4H3,(H,16,18). The summed E-state index contributed by atoms with van der Waals surface area (Å²) in [4.78, 5) is 11.2. The Bertz CT molecular complexity index is 296. The van der Waals surface area contributed by atoms with Gasteiger partial charge < -0.3 is 10.6 Å². The molecular formula is C15H28N2O. The molecule has 0 bridgehead atoms. The summed E-state index contributed by atoms with van der Waals surface area (Å²) >= 11 is 0. The molecule has 1 aliphatic heterocycles. The molecule has 1 unspecified atom stereocenters. The van der Waals surface area contributed by atoms with Crippen LogP contribution in [0, 0.1) is 10.8 Å². The van der Waals surface area contributed by atoms with Crippen LogP contribution in [0.1, 0.15) is 59.8 Å². The summed E-state index contributed by atoms with van der Waals surface area (Å²) in [5.41, 5.74) is 0.856. The highest BCUT2D eigenvalue weighted by Gasteiger charge is 2.39. The van der Waals surface area contributed by atoms with Crippen molar-refractivity contribution >= 4 is 5.91 Å². The molecule has 18 heavy (non-hydrogen) atoms. The van der Waals surface area contributed by atoms with Crippen LogP contribution in [0.15, 0.2) is 0 Å². The summed E-state index contributed by atoms with van der Waals surface area (Å²) in [6, 6.07) is 1.07. The van der Waals surface area contributed by atoms with Crippen LogP contribution >= 0.6 is 0 Å². The average Bonchev–Trinajstić information content (AvgIpc) is 2.16. The number of amides is 1. The van der Waals surface area contributed by atoms with E-state index in [4.69, 9.17) is 0 Å². The van der Waals surface area contributed by atoms with E-state index in [1.54, 1.807) is 0 Å². The maximum absolute atomic E-state index is 11.2. The van der Waals surface area contributed by atoms with Gasteiger partial charge in [0, 0.05) is 25.0 Å². The molecule has 1 amide bonds. The van der Waals surface area contributed by atoms with Crippen molar-refractivity contribution in [2.24, 2.45) is 10.8 Å². The number of hydrogen-bond donors (Lipinski definition) is 2. The minimum Gasteiger partial charge on any atom is -0.355 e. The number of carbonyl (C=O) groups is 1. The van der Waals surface area contributed by atoms with Gasteiger partial charge in [0.1, 0.15) is 0 Å². The first-order valence-electron chi connectivity index (χ1n) is 7.29. The molecule has 2 aliphatic rings. The van der Waals surface area contributed by atoms with Crippen molar-refractivity contribution in [2.45, 2.75) is 71.9 Å². The lowest BCUT2D eigenvalue weighted by Crippen LogP contribution is -2.52. The Morgan fingerprint density at radius 2 is 1.72 bits per heavy atom. The minimum atomic E-state index is 0.206. The van der Waals surface area contributed by atoms with Crippen LogP contribution in [0.4, 0.5) is 0 Å². The van der Waals surface area contributed by atoms with E-state index < -0.39 is 0 Å². The third-order valence-corrected chi connectivity index (χ3v) is 4.29. The van der Waals surface area contributed by atoms with Crippen LogP contribution in [0.3, 0.4) is 0 Å². The molecule has 0 aromatic carbocycles. The maximum atomic E-state index is 11.2. The maximum Gasteiger partial charge on any atom is 0.220 e. The third-order valence-electron chi connectivity index (χ3n) is 4.29. The van der Waals surface area contributed by atoms with Gasteiger partial charge in [0.25, 0.3) is 0 Å². The van der Waals surface area contributed by atoms with Crippen molar-refractivity contribution in [1.29, 1.82) is 0 Å². The van der Waals surface area contributed by atoms with E-state index in [1.807, 2.05) is 0 Å². The molecule has 1 saturated heterocycles. The van der Waals surface area contributed by atoms with E-state index in [9.17, 15) is 4.79 Å². The first-order valence-corrected chi connectivity index (χ1v) is 7.29. The van der Waals surface area contributed by atoms with E-state index in [2.05, 4.69) is 38.3 Å². The molecular weight excluding hydrogens is 224 g/mol. The van der Waals surface area contributed by atoms with E-state index >= 15 is 0 Å². The van der Waals surface area contributed by atoms with Gasteiger partial charge in [-0.05, 0) is 36.5 Å². The summed E-state index contributed by atoms with van der Waals surface area (Å²) in [5, 5.41) is 6.74. The lowest BCUT2D eigenvalue weighted by Gasteiger charge is -2.46. The summed E-state index contributed by atoms with van der Waals surface area (Å²) in [7, 11) is 0. The summed E-state index contributed by atoms with van der Waals surface area (Å²) in [6.45, 7) is 10.3. The normalized spacial score (nSPS) is 32.0. The molecule has 104 valence electrons. The smallest absolute Gasteiger partial charge is 0.220 e. The lowest BCUT2D eigenvalue weighted by atomic mass is 9.63. The number of carbonyl (C=O) groups excluding carboxylic acids is 1. The van der Waals surface area contributed by atoms with Gasteiger partial charge in [0.05, 0.1) is 0 Å². The second-order valence-electron chi connectivity index (χ2n) is 7.82. The predicted molar refractivity (Wildman–Crippen MR) is 74.4 cm³/mol. The second kappa shape index (κ2) is 4.84. The van der Waals surface area contributed by atoms with Gasteiger partial charge in [0.2, 0.25) is 5.91 Å². The Balaban J connectivity index is 1.90. The molecule has 2 rings (SSSR count). The molecule has 2 fully saturated rings. The Labute approximate surface area is 111 Å². The van der Waals surface area contributed by atoms with Crippen LogP contribution < -0.4 is 10.6 Å². The zero-order chi connectivity index (χ0) is 13.4. The molecule has 1 aliphatic carbocycles. The van der Waals surface area contributed by atoms with Crippen LogP contribution in [-0.4, -0.2) is 24.5 Å². The summed E-state index contributed by atoms with van der Waals surface area (Å²) in [6.07, 6.45) is 5.47. The fourth-order valence-corrected chi connectivity index (χ4v) is 4.17. The molecule has 0 aromatic rings. The number of piperidine rings is 1. The Hall–Kier alpha value is -0.570. The average molecular weight is 252 g/mol. The van der Waals surface area contributed by atoms with Gasteiger partial charge in [-0.2, -0.15) is 0 Å². The summed E-state index contributed by atoms with van der Waals surface area (Å²) < 4.78 is 0. The molecule has 3 nitrogen and oxygen atoms in total. The van der Waals surface area contributed by atoms with Crippen molar-refractivity contribution in [1.82, 2.24) is 10.6 Å². The molecule has 0 radical (unpaired) electrons. The van der Waals surface area contributed by atoms with Gasteiger partial charge in [-0.1, -0.05) is 27.7 Å². The third kappa shape index (κ3) is 3.71. The molecule has 2 N–H and O–H groups in total. The first-order chi connectivity index (χ1) is 8.26. The second-order valence-corrected chi connectivity index (χ2v) is 7.82. The van der Waals surface area contributed by atoms with Crippen molar-refractivity contribution in [2.75, 3.05) is 6.54 Å². The van der Waals surface area contributed by atoms with E-state index in [0.29, 0.717) is 29.3 Å². The topological polar surface area (TPSA) is 41.1 Å². The highest BCUT2D eigenvalue weighted by Crippen LogP contribution is 2.45. The van der Waals surface area contributed by atoms with Crippen molar-refractivity contribution in [3.05, 3.63) is 0 Å². The van der Waals surface area contributed by atoms with Crippen molar-refractivity contribution in [3.63, 3.8) is 0 Å². The zero-order valence-corrected chi connectivity index (χ0v) is 12.3. The number of nitrogens with one attached hydrogen (secondary N) is 2. The first kappa shape index (κ1) is 13.9. The zero-order valence-electron chi connectivity index (χ0n) is 12.3. The van der Waals surface area contributed by atoms with Crippen LogP contribution in [-0.2, 0) is 4.79 Å². The minimum absolute atomic E-state index is 0.206. The van der Waals surface area contributed by atoms with Gasteiger partial charge in [-0.15, -0.1) is 0 Å². The van der Waals surface area contributed by atoms with E-state index in [0.717, 1.165) is 13.0 Å². The van der Waals surface area contributed by atoms with Crippen molar-refractivity contribution < 1.29 is 4.79 Å². The summed E-state index contributed by atoms with van der Waals surface area (Å²) in [5.74, 6) is 0.206. The SMILES string of the molecule is CC1(C)CC(NC2CCC(=O)NC2)CC(C)(C)C1. The van der Waals surface area contributed by atoms with Crippen LogP contribution in [0.5, 0.6) is 0 Å². The molecule has 1 atom stereocenters. The Morgan fingerprint density at radius 1 is 1.11 bits per heavy atom. The lowest BCUT2D eigenvalue weighted by molar-refractivity contribution is -0.122. The Kier molecular flexibility index (Phi) is 3.72. The van der Waals surface area contributed by atoms with Gasteiger partial charge in [-0.25, -0.2) is 0 Å². The molecule has 0 spiro atoms. The largest absolute Gasteiger partial charge is 0.355 e. The molecule has 1 saturated carbocycles. The fraction of sp³-hybridized carbons (Fsp3) is 0.933. The number of rotatable bonds is 2. The van der Waals surface area contributed by atoms with E-state index in [-0.39, 0.29) is 5.91 Å². The predicted octanol–water partition coefficient (Wildman–Crippen LogP) is 2.46. The highest BCUT2D eigenvalue weighted by molar-refractivity contribution is 5.76. The quantitative estimate of drug-likeness (QED) is 0.792. The molecule has 3 heteroatoms. The van der Waals surface area contributed by atoms with Crippen molar-refractivity contribution in [3.8, 4) is 0 Å². The molecule has 0 aromatic heterocycles. The van der Waals surface area contributed by atoms with Gasteiger partial charge in [0.15, 0.2) is 0 Å². The van der Waals surface area contributed by atoms with Gasteiger partial charge in [-0.3, -0.25) is 4.79 Å².